The van der Waals surface area contributed by atoms with Crippen molar-refractivity contribution in [3.05, 3.63) is 47.7 Å². The number of phenols is 1. The van der Waals surface area contributed by atoms with E-state index in [1.54, 1.807) is 26.0 Å². The lowest BCUT2D eigenvalue weighted by Gasteiger charge is -2.42. The Balaban J connectivity index is 1.54. The van der Waals surface area contributed by atoms with Crippen LogP contribution in [0.1, 0.15) is 39.2 Å². The van der Waals surface area contributed by atoms with Crippen molar-refractivity contribution in [3.63, 3.8) is 0 Å². The van der Waals surface area contributed by atoms with Gasteiger partial charge in [0, 0.05) is 18.9 Å². The molecule has 260 valence electrons. The first-order valence-electron chi connectivity index (χ1n) is 15.3. The van der Waals surface area contributed by atoms with Gasteiger partial charge in [-0.3, -0.25) is 9.59 Å². The van der Waals surface area contributed by atoms with E-state index in [-0.39, 0.29) is 18.8 Å². The van der Waals surface area contributed by atoms with Crippen LogP contribution in [0.4, 0.5) is 0 Å². The second-order valence-electron chi connectivity index (χ2n) is 11.9. The van der Waals surface area contributed by atoms with E-state index in [1.165, 1.54) is 24.5 Å². The van der Waals surface area contributed by atoms with E-state index in [9.17, 15) is 45.0 Å². The van der Waals surface area contributed by atoms with Crippen molar-refractivity contribution < 1.29 is 73.4 Å². The van der Waals surface area contributed by atoms with Crippen LogP contribution in [-0.2, 0) is 42.8 Å². The van der Waals surface area contributed by atoms with Gasteiger partial charge in [-0.25, -0.2) is 4.79 Å². The number of hydrogen-bond acceptors (Lipinski definition) is 15. The average molecular weight is 667 g/mol. The highest BCUT2D eigenvalue weighted by Gasteiger charge is 2.61. The Kier molecular flexibility index (Phi) is 12.0. The van der Waals surface area contributed by atoms with Gasteiger partial charge in [-0.05, 0) is 42.2 Å². The summed E-state index contributed by atoms with van der Waals surface area (Å²) in [5, 5.41) is 63.0. The smallest absolute Gasteiger partial charge is 0.331 e. The molecule has 2 fully saturated rings. The maximum atomic E-state index is 12.7. The second-order valence-corrected chi connectivity index (χ2v) is 11.9. The van der Waals surface area contributed by atoms with E-state index in [4.69, 9.17) is 28.4 Å². The highest BCUT2D eigenvalue weighted by atomic mass is 16.7. The van der Waals surface area contributed by atoms with Crippen LogP contribution < -0.4 is 0 Å². The average Bonchev–Trinajstić information content (AvgIpc) is 3.32. The fourth-order valence-electron chi connectivity index (χ4n) is 5.76. The number of carbonyl (C=O) groups excluding carboxylic acids is 3. The number of esters is 3. The number of ether oxygens (including phenoxy) is 6. The zero-order valence-electron chi connectivity index (χ0n) is 26.2. The molecule has 3 aliphatic rings. The SMILES string of the molecule is CCC(C)C(=O)OC1OC=C(CO[C@@H]2O[C@H](CO)[C@@H](O)[C@H](O)[C@H]2OC(=O)/C=C\c2ccc(O)cc2)C2C[C@H](O)[C@](O)(COC(C)=O)C12. The molecule has 1 saturated carbocycles. The van der Waals surface area contributed by atoms with Crippen molar-refractivity contribution >= 4 is 24.0 Å². The summed E-state index contributed by atoms with van der Waals surface area (Å²) in [6.45, 7) is 2.95. The first kappa shape index (κ1) is 36.3. The molecule has 0 radical (unpaired) electrons. The topological polar surface area (TPSA) is 228 Å². The summed E-state index contributed by atoms with van der Waals surface area (Å²) in [7, 11) is 0. The van der Waals surface area contributed by atoms with Gasteiger partial charge in [0.1, 0.15) is 36.3 Å². The predicted molar refractivity (Wildman–Crippen MR) is 158 cm³/mol. The highest BCUT2D eigenvalue weighted by molar-refractivity contribution is 5.87. The number of phenolic OH excluding ortho intramolecular Hbond substituents is 1. The highest BCUT2D eigenvalue weighted by Crippen LogP contribution is 2.50. The van der Waals surface area contributed by atoms with Gasteiger partial charge in [-0.1, -0.05) is 26.0 Å². The third-order valence-electron chi connectivity index (χ3n) is 8.74. The molecule has 1 aromatic rings. The molecule has 0 aromatic heterocycles. The van der Waals surface area contributed by atoms with Gasteiger partial charge in [0.05, 0.1) is 37.4 Å². The molecule has 6 N–H and O–H groups in total. The number of fused-ring (bicyclic) bond motifs is 1. The van der Waals surface area contributed by atoms with Crippen LogP contribution in [0.3, 0.4) is 0 Å². The van der Waals surface area contributed by atoms with Crippen LogP contribution in [0.5, 0.6) is 5.75 Å². The van der Waals surface area contributed by atoms with Gasteiger partial charge >= 0.3 is 17.9 Å². The van der Waals surface area contributed by atoms with Gasteiger partial charge in [-0.15, -0.1) is 0 Å². The Morgan fingerprint density at radius 1 is 1.09 bits per heavy atom. The van der Waals surface area contributed by atoms with Crippen molar-refractivity contribution in [2.45, 2.75) is 82.3 Å². The van der Waals surface area contributed by atoms with Gasteiger partial charge in [0.25, 0.3) is 0 Å². The molecular formula is C32H42O15. The molecule has 1 saturated heterocycles. The summed E-state index contributed by atoms with van der Waals surface area (Å²) in [5.74, 6) is -4.50. The predicted octanol–water partition coefficient (Wildman–Crippen LogP) is -0.106. The molecule has 0 spiro atoms. The molecule has 0 bridgehead atoms. The Bertz CT molecular complexity index is 1310. The van der Waals surface area contributed by atoms with Gasteiger partial charge in [0.15, 0.2) is 12.4 Å². The maximum Gasteiger partial charge on any atom is 0.331 e. The molecule has 11 atom stereocenters. The Hall–Kier alpha value is -3.57. The third kappa shape index (κ3) is 8.30. The van der Waals surface area contributed by atoms with Crippen LogP contribution in [0, 0.1) is 17.8 Å². The molecule has 4 unspecified atom stereocenters. The molecule has 2 heterocycles. The normalized spacial score (nSPS) is 34.1. The van der Waals surface area contributed by atoms with E-state index in [2.05, 4.69) is 0 Å². The van der Waals surface area contributed by atoms with E-state index < -0.39 is 97.6 Å². The molecule has 15 heteroatoms. The van der Waals surface area contributed by atoms with E-state index in [0.717, 1.165) is 13.0 Å². The molecule has 2 aliphatic heterocycles. The van der Waals surface area contributed by atoms with Crippen LogP contribution in [0.2, 0.25) is 0 Å². The summed E-state index contributed by atoms with van der Waals surface area (Å²) >= 11 is 0. The van der Waals surface area contributed by atoms with Crippen molar-refractivity contribution in [3.8, 4) is 5.75 Å². The minimum Gasteiger partial charge on any atom is -0.508 e. The van der Waals surface area contributed by atoms with Crippen molar-refractivity contribution in [1.82, 2.24) is 0 Å². The Labute approximate surface area is 270 Å². The number of aromatic hydroxyl groups is 1. The molecular weight excluding hydrogens is 624 g/mol. The molecule has 1 aliphatic carbocycles. The molecule has 1 aromatic carbocycles. The van der Waals surface area contributed by atoms with Gasteiger partial charge < -0.3 is 59.1 Å². The summed E-state index contributed by atoms with van der Waals surface area (Å²) in [6.07, 6.45) is -6.39. The summed E-state index contributed by atoms with van der Waals surface area (Å²) in [6, 6.07) is 5.95. The zero-order valence-corrected chi connectivity index (χ0v) is 26.2. The monoisotopic (exact) mass is 666 g/mol. The number of rotatable bonds is 12. The Morgan fingerprint density at radius 2 is 1.79 bits per heavy atom. The third-order valence-corrected chi connectivity index (χ3v) is 8.74. The number of carbonyl (C=O) groups is 3. The number of aliphatic hydroxyl groups is 5. The minimum atomic E-state index is -2.07. The van der Waals surface area contributed by atoms with Crippen molar-refractivity contribution in [2.24, 2.45) is 17.8 Å². The zero-order chi connectivity index (χ0) is 34.5. The number of aliphatic hydroxyl groups excluding tert-OH is 4. The van der Waals surface area contributed by atoms with E-state index in [1.807, 2.05) is 0 Å². The number of hydrogen-bond donors (Lipinski definition) is 6. The Morgan fingerprint density at radius 3 is 2.43 bits per heavy atom. The van der Waals surface area contributed by atoms with Crippen molar-refractivity contribution in [2.75, 3.05) is 19.8 Å². The van der Waals surface area contributed by atoms with Gasteiger partial charge in [-0.2, -0.15) is 0 Å². The lowest BCUT2D eigenvalue weighted by Crippen LogP contribution is -2.60. The van der Waals surface area contributed by atoms with E-state index >= 15 is 0 Å². The van der Waals surface area contributed by atoms with Gasteiger partial charge in [0.2, 0.25) is 6.29 Å². The standard InChI is InChI=1S/C32H42O15/c1-4-16(2)29(40)47-30-25-21(11-23(36)32(25,41)15-44-17(3)34)19(13-42-30)14-43-31-28(27(39)26(38)22(12-33)45-31)46-24(37)10-7-18-5-8-20(35)9-6-18/h5-10,13,16,21-23,25-28,30-31,33,35-36,38-39,41H,4,11-12,14-15H2,1-3H3/b10-7-/t16?,21?,22-,23+,25?,26-,27+,28-,30?,31-,32-/m1/s1. The molecule has 4 rings (SSSR count). The van der Waals surface area contributed by atoms with Crippen LogP contribution >= 0.6 is 0 Å². The first-order valence-corrected chi connectivity index (χ1v) is 15.3. The van der Waals surface area contributed by atoms with Crippen LogP contribution in [0.15, 0.2) is 42.2 Å². The fraction of sp³-hybridized carbons (Fsp3) is 0.594. The summed E-state index contributed by atoms with van der Waals surface area (Å²) in [5.41, 5.74) is -1.15. The van der Waals surface area contributed by atoms with Crippen LogP contribution in [0.25, 0.3) is 6.08 Å². The lowest BCUT2D eigenvalue weighted by atomic mass is 9.80. The lowest BCUT2D eigenvalue weighted by molar-refractivity contribution is -0.302. The summed E-state index contributed by atoms with van der Waals surface area (Å²) in [4.78, 5) is 37.0. The quantitative estimate of drug-likeness (QED) is 0.0972. The molecule has 15 nitrogen and oxygen atoms in total. The van der Waals surface area contributed by atoms with E-state index in [0.29, 0.717) is 17.6 Å². The summed E-state index contributed by atoms with van der Waals surface area (Å²) < 4.78 is 33.3. The minimum absolute atomic E-state index is 0.0354. The molecule has 0 amide bonds. The largest absolute Gasteiger partial charge is 0.508 e. The van der Waals surface area contributed by atoms with Crippen LogP contribution in [-0.4, -0.2) is 117 Å². The second kappa shape index (κ2) is 15.6. The maximum absolute atomic E-state index is 12.7. The molecule has 47 heavy (non-hydrogen) atoms. The first-order chi connectivity index (χ1) is 22.3. The van der Waals surface area contributed by atoms with Crippen molar-refractivity contribution in [1.29, 1.82) is 0 Å². The number of benzene rings is 1. The fourth-order valence-corrected chi connectivity index (χ4v) is 5.76.